The van der Waals surface area contributed by atoms with Crippen molar-refractivity contribution in [2.45, 2.75) is 26.4 Å². The van der Waals surface area contributed by atoms with Crippen molar-refractivity contribution in [2.24, 2.45) is 0 Å². The monoisotopic (exact) mass is 280 g/mol. The maximum atomic E-state index is 12.1. The van der Waals surface area contributed by atoms with E-state index in [2.05, 4.69) is 0 Å². The Labute approximate surface area is 118 Å². The molecule has 0 aliphatic rings. The Bertz CT molecular complexity index is 473. The minimum atomic E-state index is -0.889. The van der Waals surface area contributed by atoms with Crippen LogP contribution in [-0.4, -0.2) is 37.7 Å². The molecule has 0 spiro atoms. The van der Waals surface area contributed by atoms with Crippen LogP contribution in [0, 0.1) is 0 Å². The van der Waals surface area contributed by atoms with Gasteiger partial charge in [0.15, 0.2) is 0 Å². The summed E-state index contributed by atoms with van der Waals surface area (Å²) < 4.78 is 15.4. The van der Waals surface area contributed by atoms with Crippen molar-refractivity contribution in [1.82, 2.24) is 0 Å². The fourth-order valence-electron chi connectivity index (χ4n) is 1.45. The van der Waals surface area contributed by atoms with Gasteiger partial charge in [0.05, 0.1) is 12.2 Å². The standard InChI is InChI=1S/C15H20O5/c1-15(2,3)20-14(17)13(16)11-7-5-6-8-12(11)19-10-9-18-4/h5-8H,9-10H2,1-4H3. The highest BCUT2D eigenvalue weighted by Crippen LogP contribution is 2.20. The van der Waals surface area contributed by atoms with Crippen molar-refractivity contribution in [2.75, 3.05) is 20.3 Å². The largest absolute Gasteiger partial charge is 0.490 e. The van der Waals surface area contributed by atoms with E-state index in [1.165, 1.54) is 6.07 Å². The van der Waals surface area contributed by atoms with E-state index in [0.717, 1.165) is 0 Å². The lowest BCUT2D eigenvalue weighted by Gasteiger charge is -2.19. The quantitative estimate of drug-likeness (QED) is 0.346. The van der Waals surface area contributed by atoms with Crippen LogP contribution in [-0.2, 0) is 14.3 Å². The SMILES string of the molecule is COCCOc1ccccc1C(=O)C(=O)OC(C)(C)C. The lowest BCUT2D eigenvalue weighted by molar-refractivity contribution is -0.148. The molecule has 0 aromatic heterocycles. The van der Waals surface area contributed by atoms with Crippen LogP contribution >= 0.6 is 0 Å². The molecule has 0 radical (unpaired) electrons. The number of carbonyl (C=O) groups is 2. The highest BCUT2D eigenvalue weighted by atomic mass is 16.6. The number of esters is 1. The molecule has 20 heavy (non-hydrogen) atoms. The third-order valence-corrected chi connectivity index (χ3v) is 2.26. The van der Waals surface area contributed by atoms with Gasteiger partial charge in [-0.3, -0.25) is 4.79 Å². The third kappa shape index (κ3) is 5.01. The molecule has 0 saturated carbocycles. The highest BCUT2D eigenvalue weighted by Gasteiger charge is 2.26. The van der Waals surface area contributed by atoms with E-state index in [-0.39, 0.29) is 5.56 Å². The molecule has 0 saturated heterocycles. The first-order chi connectivity index (χ1) is 9.35. The van der Waals surface area contributed by atoms with Crippen LogP contribution in [0.15, 0.2) is 24.3 Å². The van der Waals surface area contributed by atoms with E-state index in [1.54, 1.807) is 46.1 Å². The van der Waals surface area contributed by atoms with Crippen molar-refractivity contribution in [3.63, 3.8) is 0 Å². The number of ketones is 1. The van der Waals surface area contributed by atoms with Gasteiger partial charge in [-0.15, -0.1) is 0 Å². The van der Waals surface area contributed by atoms with Crippen molar-refractivity contribution in [3.05, 3.63) is 29.8 Å². The minimum absolute atomic E-state index is 0.192. The Morgan fingerprint density at radius 1 is 1.10 bits per heavy atom. The normalized spacial score (nSPS) is 11.0. The number of hydrogen-bond donors (Lipinski definition) is 0. The maximum absolute atomic E-state index is 12.1. The Kier molecular flexibility index (Phi) is 5.70. The van der Waals surface area contributed by atoms with Gasteiger partial charge in [0, 0.05) is 7.11 Å². The van der Waals surface area contributed by atoms with Crippen LogP contribution in [0.3, 0.4) is 0 Å². The predicted molar refractivity (Wildman–Crippen MR) is 74.0 cm³/mol. The zero-order valence-corrected chi connectivity index (χ0v) is 12.3. The summed E-state index contributed by atoms with van der Waals surface area (Å²) in [6, 6.07) is 6.57. The van der Waals surface area contributed by atoms with Crippen molar-refractivity contribution in [3.8, 4) is 5.75 Å². The summed E-state index contributed by atoms with van der Waals surface area (Å²) in [6.45, 7) is 5.82. The number of hydrogen-bond acceptors (Lipinski definition) is 5. The summed E-state index contributed by atoms with van der Waals surface area (Å²) >= 11 is 0. The molecule has 1 rings (SSSR count). The topological polar surface area (TPSA) is 61.8 Å². The van der Waals surface area contributed by atoms with Crippen LogP contribution in [0.1, 0.15) is 31.1 Å². The second kappa shape index (κ2) is 7.05. The van der Waals surface area contributed by atoms with Gasteiger partial charge in [-0.1, -0.05) is 12.1 Å². The molecular weight excluding hydrogens is 260 g/mol. The molecule has 1 aromatic rings. The van der Waals surface area contributed by atoms with Crippen molar-refractivity contribution < 1.29 is 23.8 Å². The van der Waals surface area contributed by atoms with Gasteiger partial charge in [0.25, 0.3) is 5.78 Å². The predicted octanol–water partition coefficient (Wildman–Crippen LogP) is 2.24. The molecule has 0 unspecified atom stereocenters. The molecule has 0 amide bonds. The van der Waals surface area contributed by atoms with Crippen LogP contribution in [0.2, 0.25) is 0 Å². The zero-order chi connectivity index (χ0) is 15.2. The minimum Gasteiger partial charge on any atom is -0.490 e. The van der Waals surface area contributed by atoms with Crippen LogP contribution in [0.25, 0.3) is 0 Å². The molecule has 0 atom stereocenters. The highest BCUT2D eigenvalue weighted by molar-refractivity contribution is 6.41. The number of ether oxygens (including phenoxy) is 3. The summed E-state index contributed by atoms with van der Waals surface area (Å²) in [5.74, 6) is -1.26. The number of rotatable bonds is 6. The molecule has 110 valence electrons. The Morgan fingerprint density at radius 3 is 2.35 bits per heavy atom. The number of benzene rings is 1. The van der Waals surface area contributed by atoms with E-state index in [0.29, 0.717) is 19.0 Å². The zero-order valence-electron chi connectivity index (χ0n) is 12.3. The third-order valence-electron chi connectivity index (χ3n) is 2.26. The average molecular weight is 280 g/mol. The summed E-state index contributed by atoms with van der Waals surface area (Å²) in [7, 11) is 1.56. The average Bonchev–Trinajstić information content (AvgIpc) is 2.37. The van der Waals surface area contributed by atoms with Gasteiger partial charge < -0.3 is 14.2 Å². The second-order valence-corrected chi connectivity index (χ2v) is 5.17. The first-order valence-electron chi connectivity index (χ1n) is 6.33. The Hall–Kier alpha value is -1.88. The van der Waals surface area contributed by atoms with Crippen LogP contribution < -0.4 is 4.74 Å². The van der Waals surface area contributed by atoms with E-state index < -0.39 is 17.4 Å². The number of Topliss-reactive ketones (excluding diaryl/α,β-unsaturated/α-hetero) is 1. The van der Waals surface area contributed by atoms with Crippen molar-refractivity contribution >= 4 is 11.8 Å². The molecule has 5 heteroatoms. The molecule has 0 bridgehead atoms. The fourth-order valence-corrected chi connectivity index (χ4v) is 1.45. The molecule has 0 aliphatic carbocycles. The van der Waals surface area contributed by atoms with E-state index in [4.69, 9.17) is 14.2 Å². The van der Waals surface area contributed by atoms with E-state index in [1.807, 2.05) is 0 Å². The number of para-hydroxylation sites is 1. The Morgan fingerprint density at radius 2 is 1.75 bits per heavy atom. The molecule has 1 aromatic carbocycles. The molecule has 0 aliphatic heterocycles. The van der Waals surface area contributed by atoms with E-state index in [9.17, 15) is 9.59 Å². The van der Waals surface area contributed by atoms with Gasteiger partial charge in [0.2, 0.25) is 0 Å². The molecule has 0 heterocycles. The lowest BCUT2D eigenvalue weighted by atomic mass is 10.1. The number of methoxy groups -OCH3 is 1. The van der Waals surface area contributed by atoms with Gasteiger partial charge in [-0.25, -0.2) is 4.79 Å². The fraction of sp³-hybridized carbons (Fsp3) is 0.467. The molecule has 0 fully saturated rings. The molecule has 5 nitrogen and oxygen atoms in total. The van der Waals surface area contributed by atoms with E-state index >= 15 is 0 Å². The van der Waals surface area contributed by atoms with Gasteiger partial charge in [0.1, 0.15) is 18.0 Å². The number of carbonyl (C=O) groups excluding carboxylic acids is 2. The molecular formula is C15H20O5. The first-order valence-corrected chi connectivity index (χ1v) is 6.33. The molecule has 0 N–H and O–H groups in total. The van der Waals surface area contributed by atoms with Crippen LogP contribution in [0.5, 0.6) is 5.75 Å². The smallest absolute Gasteiger partial charge is 0.380 e. The van der Waals surface area contributed by atoms with Gasteiger partial charge in [-0.2, -0.15) is 0 Å². The van der Waals surface area contributed by atoms with Crippen LogP contribution in [0.4, 0.5) is 0 Å². The van der Waals surface area contributed by atoms with Gasteiger partial charge >= 0.3 is 5.97 Å². The van der Waals surface area contributed by atoms with Crippen molar-refractivity contribution in [1.29, 1.82) is 0 Å². The summed E-state index contributed by atoms with van der Waals surface area (Å²) in [5.41, 5.74) is -0.517. The summed E-state index contributed by atoms with van der Waals surface area (Å²) in [5, 5.41) is 0. The summed E-state index contributed by atoms with van der Waals surface area (Å²) in [4.78, 5) is 23.9. The van der Waals surface area contributed by atoms with Gasteiger partial charge in [-0.05, 0) is 32.9 Å². The maximum Gasteiger partial charge on any atom is 0.380 e. The second-order valence-electron chi connectivity index (χ2n) is 5.17. The summed E-state index contributed by atoms with van der Waals surface area (Å²) in [6.07, 6.45) is 0. The Balaban J connectivity index is 2.84. The first kappa shape index (κ1) is 16.2. The lowest BCUT2D eigenvalue weighted by Crippen LogP contribution is -2.29.